The first-order valence-electron chi connectivity index (χ1n) is 4.88. The maximum absolute atomic E-state index is 12.6. The number of alkyl halides is 4. The zero-order valence-electron chi connectivity index (χ0n) is 8.76. The van der Waals surface area contributed by atoms with E-state index in [4.69, 9.17) is 5.11 Å². The van der Waals surface area contributed by atoms with E-state index in [0.717, 1.165) is 0 Å². The lowest BCUT2D eigenvalue weighted by molar-refractivity contribution is -0.188. The third-order valence-electron chi connectivity index (χ3n) is 2.96. The molecule has 0 saturated carbocycles. The molecule has 1 rings (SSSR count). The molecular weight excluding hydrogens is 246 g/mol. The molecule has 0 aromatic rings. The molecule has 0 spiro atoms. The highest BCUT2D eigenvalue weighted by Crippen LogP contribution is 2.33. The number of carbonyl (C=O) groups excluding carboxylic acids is 1. The summed E-state index contributed by atoms with van der Waals surface area (Å²) in [4.78, 5) is 22.2. The van der Waals surface area contributed by atoms with Gasteiger partial charge in [-0.2, -0.15) is 13.2 Å². The first kappa shape index (κ1) is 13.7. The van der Waals surface area contributed by atoms with Crippen LogP contribution in [0.2, 0.25) is 0 Å². The van der Waals surface area contributed by atoms with Crippen LogP contribution in [0.5, 0.6) is 0 Å². The molecule has 1 N–H and O–H groups in total. The van der Waals surface area contributed by atoms with Crippen LogP contribution in [0.3, 0.4) is 0 Å². The van der Waals surface area contributed by atoms with Crippen molar-refractivity contribution < 1.29 is 32.3 Å². The Balaban J connectivity index is 2.68. The summed E-state index contributed by atoms with van der Waals surface area (Å²) in [7, 11) is 0. The first-order chi connectivity index (χ1) is 7.73. The molecule has 1 aliphatic heterocycles. The van der Waals surface area contributed by atoms with Gasteiger partial charge >= 0.3 is 18.1 Å². The van der Waals surface area contributed by atoms with Crippen LogP contribution in [-0.2, 0) is 9.59 Å². The van der Waals surface area contributed by atoms with Gasteiger partial charge < -0.3 is 10.0 Å². The maximum atomic E-state index is 12.6. The minimum absolute atomic E-state index is 0.305. The number of hydrogen-bond acceptors (Lipinski definition) is 2. The summed E-state index contributed by atoms with van der Waals surface area (Å²) in [5.41, 5.74) is -1.65. The Morgan fingerprint density at radius 3 is 2.00 bits per heavy atom. The van der Waals surface area contributed by atoms with Gasteiger partial charge in [0.1, 0.15) is 6.67 Å². The van der Waals surface area contributed by atoms with Gasteiger partial charge in [0.25, 0.3) is 0 Å². The molecule has 0 unspecified atom stereocenters. The zero-order valence-corrected chi connectivity index (χ0v) is 8.76. The molecule has 0 atom stereocenters. The molecule has 1 aliphatic rings. The summed E-state index contributed by atoms with van der Waals surface area (Å²) in [5, 5.41) is 8.81. The molecule has 1 amide bonds. The zero-order chi connectivity index (χ0) is 13.3. The highest BCUT2D eigenvalue weighted by atomic mass is 19.4. The number of amides is 1. The molecule has 0 bridgehead atoms. The van der Waals surface area contributed by atoms with Crippen molar-refractivity contribution in [3.8, 4) is 0 Å². The van der Waals surface area contributed by atoms with Crippen LogP contribution >= 0.6 is 0 Å². The number of piperidine rings is 1. The smallest absolute Gasteiger partial charge is 0.471 e. The summed E-state index contributed by atoms with van der Waals surface area (Å²) < 4.78 is 48.9. The number of halogens is 4. The fraction of sp³-hybridized carbons (Fsp3) is 0.778. The Morgan fingerprint density at radius 1 is 1.24 bits per heavy atom. The van der Waals surface area contributed by atoms with Gasteiger partial charge in [-0.25, -0.2) is 4.39 Å². The molecule has 0 radical (unpaired) electrons. The molecule has 1 saturated heterocycles. The molecular formula is C9H11F4NO3. The van der Waals surface area contributed by atoms with Crippen molar-refractivity contribution >= 4 is 11.9 Å². The van der Waals surface area contributed by atoms with Gasteiger partial charge in [-0.05, 0) is 12.8 Å². The minimum Gasteiger partial charge on any atom is -0.481 e. The van der Waals surface area contributed by atoms with E-state index in [1.54, 1.807) is 0 Å². The van der Waals surface area contributed by atoms with E-state index in [1.165, 1.54) is 0 Å². The SMILES string of the molecule is O=C(N1CCC(CF)(C(=O)O)CC1)C(F)(F)F. The van der Waals surface area contributed by atoms with Gasteiger partial charge in [-0.3, -0.25) is 9.59 Å². The highest BCUT2D eigenvalue weighted by Gasteiger charge is 2.48. The number of rotatable bonds is 2. The van der Waals surface area contributed by atoms with Gasteiger partial charge in [-0.15, -0.1) is 0 Å². The van der Waals surface area contributed by atoms with Gasteiger partial charge in [0.2, 0.25) is 0 Å². The van der Waals surface area contributed by atoms with Crippen LogP contribution in [0, 0.1) is 5.41 Å². The van der Waals surface area contributed by atoms with Crippen molar-refractivity contribution in [3.63, 3.8) is 0 Å². The Bertz CT molecular complexity index is 321. The van der Waals surface area contributed by atoms with Crippen molar-refractivity contribution in [1.82, 2.24) is 4.90 Å². The Morgan fingerprint density at radius 2 is 1.71 bits per heavy atom. The van der Waals surface area contributed by atoms with Crippen LogP contribution < -0.4 is 0 Å². The van der Waals surface area contributed by atoms with E-state index in [-0.39, 0.29) is 12.8 Å². The summed E-state index contributed by atoms with van der Waals surface area (Å²) in [5.74, 6) is -3.38. The number of carboxylic acids is 1. The second-order valence-corrected chi connectivity index (χ2v) is 4.01. The lowest BCUT2D eigenvalue weighted by Crippen LogP contribution is -2.51. The normalized spacial score (nSPS) is 20.1. The third kappa shape index (κ3) is 2.67. The van der Waals surface area contributed by atoms with Gasteiger partial charge in [0.05, 0.1) is 5.41 Å². The van der Waals surface area contributed by atoms with E-state index in [0.29, 0.717) is 4.90 Å². The lowest BCUT2D eigenvalue weighted by Gasteiger charge is -2.37. The Kier molecular flexibility index (Phi) is 3.63. The van der Waals surface area contributed by atoms with E-state index < -0.39 is 43.2 Å². The largest absolute Gasteiger partial charge is 0.481 e. The number of carboxylic acid groups (broad SMARTS) is 1. The number of likely N-dealkylation sites (tertiary alicyclic amines) is 1. The van der Waals surface area contributed by atoms with Crippen molar-refractivity contribution in [2.45, 2.75) is 19.0 Å². The second kappa shape index (κ2) is 4.50. The Hall–Kier alpha value is -1.34. The van der Waals surface area contributed by atoms with Crippen molar-refractivity contribution in [2.75, 3.05) is 19.8 Å². The molecule has 0 aromatic carbocycles. The first-order valence-corrected chi connectivity index (χ1v) is 4.88. The number of aliphatic carboxylic acids is 1. The molecule has 1 heterocycles. The minimum atomic E-state index is -4.97. The molecule has 8 heteroatoms. The maximum Gasteiger partial charge on any atom is 0.471 e. The van der Waals surface area contributed by atoms with Crippen molar-refractivity contribution in [1.29, 1.82) is 0 Å². The third-order valence-corrected chi connectivity index (χ3v) is 2.96. The topological polar surface area (TPSA) is 57.6 Å². The number of hydrogen-bond donors (Lipinski definition) is 1. The van der Waals surface area contributed by atoms with Crippen LogP contribution in [0.4, 0.5) is 17.6 Å². The fourth-order valence-electron chi connectivity index (χ4n) is 1.72. The van der Waals surface area contributed by atoms with Gasteiger partial charge in [0, 0.05) is 13.1 Å². The predicted octanol–water partition coefficient (Wildman–Crippen LogP) is 1.21. The summed E-state index contributed by atoms with van der Waals surface area (Å²) in [6.07, 6.45) is -5.58. The summed E-state index contributed by atoms with van der Waals surface area (Å²) in [6.45, 7) is -1.93. The molecule has 0 aliphatic carbocycles. The van der Waals surface area contributed by atoms with Gasteiger partial charge in [-0.1, -0.05) is 0 Å². The molecule has 4 nitrogen and oxygen atoms in total. The van der Waals surface area contributed by atoms with E-state index in [9.17, 15) is 27.2 Å². The second-order valence-electron chi connectivity index (χ2n) is 4.01. The highest BCUT2D eigenvalue weighted by molar-refractivity contribution is 5.82. The quantitative estimate of drug-likeness (QED) is 0.756. The Labute approximate surface area is 94.2 Å². The monoisotopic (exact) mass is 257 g/mol. The molecule has 17 heavy (non-hydrogen) atoms. The molecule has 1 fully saturated rings. The van der Waals surface area contributed by atoms with Crippen molar-refractivity contribution in [2.24, 2.45) is 5.41 Å². The van der Waals surface area contributed by atoms with Crippen molar-refractivity contribution in [3.05, 3.63) is 0 Å². The van der Waals surface area contributed by atoms with Crippen LogP contribution in [0.25, 0.3) is 0 Å². The van der Waals surface area contributed by atoms with Crippen LogP contribution in [-0.4, -0.2) is 47.8 Å². The van der Waals surface area contributed by atoms with Crippen LogP contribution in [0.15, 0.2) is 0 Å². The number of nitrogens with zero attached hydrogens (tertiary/aromatic N) is 1. The molecule has 0 aromatic heterocycles. The molecule has 98 valence electrons. The standard InChI is InChI=1S/C9H11F4NO3/c10-5-8(7(16)17)1-3-14(4-2-8)6(15)9(11,12)13/h1-5H2,(H,16,17). The van der Waals surface area contributed by atoms with Crippen LogP contribution in [0.1, 0.15) is 12.8 Å². The van der Waals surface area contributed by atoms with E-state index in [1.807, 2.05) is 0 Å². The summed E-state index contributed by atoms with van der Waals surface area (Å²) in [6, 6.07) is 0. The number of carbonyl (C=O) groups is 2. The average molecular weight is 257 g/mol. The predicted molar refractivity (Wildman–Crippen MR) is 47.9 cm³/mol. The average Bonchev–Trinajstić information content (AvgIpc) is 2.26. The van der Waals surface area contributed by atoms with E-state index >= 15 is 0 Å². The van der Waals surface area contributed by atoms with E-state index in [2.05, 4.69) is 0 Å². The lowest BCUT2D eigenvalue weighted by atomic mass is 9.79. The summed E-state index contributed by atoms with van der Waals surface area (Å²) >= 11 is 0. The fourth-order valence-corrected chi connectivity index (χ4v) is 1.72. The van der Waals surface area contributed by atoms with Gasteiger partial charge in [0.15, 0.2) is 0 Å².